The lowest BCUT2D eigenvalue weighted by Crippen LogP contribution is -2.52. The molecule has 3 atom stereocenters. The van der Waals surface area contributed by atoms with Gasteiger partial charge in [-0.05, 0) is 129 Å². The van der Waals surface area contributed by atoms with Gasteiger partial charge < -0.3 is 15.1 Å². The number of nitrogens with zero attached hydrogens (tertiary/aromatic N) is 5. The van der Waals surface area contributed by atoms with Crippen LogP contribution in [-0.2, 0) is 10.0 Å². The lowest BCUT2D eigenvalue weighted by molar-refractivity contribution is -0.384. The molecule has 2 unspecified atom stereocenters. The summed E-state index contributed by atoms with van der Waals surface area (Å²) in [5.41, 5.74) is 5.23. The quantitative estimate of drug-likeness (QED) is 0.0529. The molecular weight excluding hydrogens is 909 g/mol. The highest BCUT2D eigenvalue weighted by Crippen LogP contribution is 2.43. The molecule has 0 saturated carbocycles. The normalized spacial score (nSPS) is 19.9. The fourth-order valence-electron chi connectivity index (χ4n) is 9.74. The van der Waals surface area contributed by atoms with E-state index in [2.05, 4.69) is 69.5 Å². The number of amides is 1. The number of nitrogens with one attached hydrogen (secondary N) is 2. The van der Waals surface area contributed by atoms with Crippen LogP contribution >= 0.6 is 23.4 Å². The van der Waals surface area contributed by atoms with Crippen LogP contribution in [0.15, 0.2) is 112 Å². The number of nitro benzene ring substituents is 1. The molecule has 67 heavy (non-hydrogen) atoms. The van der Waals surface area contributed by atoms with Gasteiger partial charge in [0.05, 0.1) is 9.82 Å². The van der Waals surface area contributed by atoms with Gasteiger partial charge in [0.25, 0.3) is 21.6 Å². The van der Waals surface area contributed by atoms with Crippen LogP contribution in [0, 0.1) is 15.5 Å². The molecule has 0 radical (unpaired) electrons. The van der Waals surface area contributed by atoms with Crippen LogP contribution in [0.4, 0.5) is 21.5 Å². The molecule has 7 rings (SSSR count). The summed E-state index contributed by atoms with van der Waals surface area (Å²) in [5.74, 6) is -0.277. The van der Waals surface area contributed by atoms with E-state index in [0.29, 0.717) is 25.3 Å². The maximum absolute atomic E-state index is 15.4. The summed E-state index contributed by atoms with van der Waals surface area (Å²) in [6.07, 6.45) is 3.59. The third-order valence-corrected chi connectivity index (χ3v) is 16.3. The minimum atomic E-state index is -4.49. The predicted molar refractivity (Wildman–Crippen MR) is 271 cm³/mol. The predicted octanol–water partition coefficient (Wildman–Crippen LogP) is 9.87. The van der Waals surface area contributed by atoms with Crippen LogP contribution in [0.3, 0.4) is 0 Å². The summed E-state index contributed by atoms with van der Waals surface area (Å²) in [6.45, 7) is 16.4. The number of anilines is 2. The van der Waals surface area contributed by atoms with Crippen LogP contribution in [0.2, 0.25) is 5.02 Å². The first-order valence-electron chi connectivity index (χ1n) is 23.6. The lowest BCUT2D eigenvalue weighted by atomic mass is 9.73. The highest BCUT2D eigenvalue weighted by molar-refractivity contribution is 7.99. The Morgan fingerprint density at radius 2 is 1.66 bits per heavy atom. The van der Waals surface area contributed by atoms with Crippen LogP contribution in [0.1, 0.15) is 75.7 Å². The van der Waals surface area contributed by atoms with Crippen LogP contribution in [-0.4, -0.2) is 123 Å². The summed E-state index contributed by atoms with van der Waals surface area (Å²) in [6, 6.07) is 28.1. The third-order valence-electron chi connectivity index (χ3n) is 13.6. The summed E-state index contributed by atoms with van der Waals surface area (Å²) in [5, 5.41) is 16.5. The average molecular weight is 975 g/mol. The number of nitro groups is 1. The number of sulfonamides is 1. The molecule has 360 valence electrons. The van der Waals surface area contributed by atoms with Crippen molar-refractivity contribution in [3.05, 3.63) is 129 Å². The molecule has 16 heteroatoms. The molecule has 0 bridgehead atoms. The Bertz CT molecular complexity index is 2450. The number of alkyl halides is 1. The number of carbonyl (C=O) groups is 1. The van der Waals surface area contributed by atoms with Crippen LogP contribution in [0.5, 0.6) is 0 Å². The van der Waals surface area contributed by atoms with Crippen molar-refractivity contribution in [2.75, 3.05) is 81.4 Å². The number of hydrogen-bond donors (Lipinski definition) is 2. The first kappa shape index (κ1) is 50.4. The lowest BCUT2D eigenvalue weighted by Gasteiger charge is -2.40. The molecular formula is C51H65ClFN7O5S2. The zero-order valence-corrected chi connectivity index (χ0v) is 41.5. The maximum Gasteiger partial charge on any atom is 0.293 e. The number of benzene rings is 4. The van der Waals surface area contributed by atoms with Gasteiger partial charge in [0.2, 0.25) is 0 Å². The van der Waals surface area contributed by atoms with Crippen molar-refractivity contribution in [1.82, 2.24) is 19.4 Å². The SMILES string of the molecule is CCN(CC)C1CCN(CC[C@H](CSc2ccccc2)Nc2ccc(S(=O)(=O)NC(=O)c3ccc(N4CCN(CC5=C(c6ccc(Cl)cc6)CCC(C)(C)C5)CC4)cc3)cc2[N+](=O)[O-])CC1F. The molecule has 4 aromatic rings. The minimum Gasteiger partial charge on any atom is -0.376 e. The van der Waals surface area contributed by atoms with E-state index in [1.54, 1.807) is 23.9 Å². The molecule has 2 saturated heterocycles. The molecule has 0 spiro atoms. The Morgan fingerprint density at radius 3 is 2.31 bits per heavy atom. The Balaban J connectivity index is 0.963. The van der Waals surface area contributed by atoms with Crippen molar-refractivity contribution in [3.8, 4) is 0 Å². The van der Waals surface area contributed by atoms with Crippen molar-refractivity contribution in [3.63, 3.8) is 0 Å². The average Bonchev–Trinajstić information content (AvgIpc) is 3.31. The molecule has 3 aliphatic rings. The van der Waals surface area contributed by atoms with E-state index in [4.69, 9.17) is 11.6 Å². The number of allylic oxidation sites excluding steroid dienone is 1. The smallest absolute Gasteiger partial charge is 0.293 e. The number of piperidine rings is 1. The van der Waals surface area contributed by atoms with Gasteiger partial charge in [-0.25, -0.2) is 17.5 Å². The van der Waals surface area contributed by atoms with Gasteiger partial charge >= 0.3 is 0 Å². The summed E-state index contributed by atoms with van der Waals surface area (Å²) >= 11 is 7.81. The molecule has 2 N–H and O–H groups in total. The molecule has 0 aromatic heterocycles. The summed E-state index contributed by atoms with van der Waals surface area (Å²) in [4.78, 5) is 34.9. The second-order valence-corrected chi connectivity index (χ2v) is 22.0. The highest BCUT2D eigenvalue weighted by atomic mass is 35.5. The first-order valence-corrected chi connectivity index (χ1v) is 26.4. The Morgan fingerprint density at radius 1 is 0.955 bits per heavy atom. The van der Waals surface area contributed by atoms with E-state index in [-0.39, 0.29) is 28.7 Å². The zero-order valence-electron chi connectivity index (χ0n) is 39.1. The van der Waals surface area contributed by atoms with Crippen LogP contribution in [0.25, 0.3) is 5.57 Å². The van der Waals surface area contributed by atoms with Gasteiger partial charge in [-0.3, -0.25) is 24.7 Å². The second-order valence-electron chi connectivity index (χ2n) is 18.8. The second kappa shape index (κ2) is 22.7. The Kier molecular flexibility index (Phi) is 17.1. The van der Waals surface area contributed by atoms with Crippen molar-refractivity contribution in [2.45, 2.75) is 87.8 Å². The van der Waals surface area contributed by atoms with E-state index in [0.717, 1.165) is 99.7 Å². The number of piperazine rings is 1. The number of halogens is 2. The van der Waals surface area contributed by atoms with Crippen molar-refractivity contribution < 1.29 is 22.5 Å². The number of carbonyl (C=O) groups excluding carboxylic acids is 1. The molecule has 2 heterocycles. The summed E-state index contributed by atoms with van der Waals surface area (Å²) < 4.78 is 44.7. The number of thioether (sulfide) groups is 1. The Labute approximate surface area is 405 Å². The monoisotopic (exact) mass is 973 g/mol. The van der Waals surface area contributed by atoms with Crippen molar-refractivity contribution >= 4 is 61.9 Å². The molecule has 4 aromatic carbocycles. The topological polar surface area (TPSA) is 131 Å². The van der Waals surface area contributed by atoms with Gasteiger partial charge in [-0.2, -0.15) is 0 Å². The fourth-order valence-corrected chi connectivity index (χ4v) is 11.9. The number of rotatable bonds is 19. The van der Waals surface area contributed by atoms with Gasteiger partial charge in [-0.15, -0.1) is 11.8 Å². The van der Waals surface area contributed by atoms with E-state index in [1.165, 1.54) is 28.8 Å². The number of likely N-dealkylation sites (tertiary alicyclic amines) is 1. The van der Waals surface area contributed by atoms with Crippen molar-refractivity contribution in [1.29, 1.82) is 0 Å². The van der Waals surface area contributed by atoms with E-state index < -0.39 is 37.6 Å². The molecule has 1 amide bonds. The van der Waals surface area contributed by atoms with Gasteiger partial charge in [0, 0.05) is 90.9 Å². The fraction of sp³-hybridized carbons (Fsp3) is 0.471. The minimum absolute atomic E-state index is 0.103. The largest absolute Gasteiger partial charge is 0.376 e. The molecule has 1 aliphatic carbocycles. The molecule has 2 fully saturated rings. The van der Waals surface area contributed by atoms with E-state index in [1.807, 2.05) is 54.6 Å². The maximum atomic E-state index is 15.4. The van der Waals surface area contributed by atoms with E-state index >= 15 is 4.39 Å². The van der Waals surface area contributed by atoms with Gasteiger partial charge in [-0.1, -0.05) is 75.2 Å². The Hall–Kier alpha value is -4.51. The van der Waals surface area contributed by atoms with Gasteiger partial charge in [0.1, 0.15) is 11.9 Å². The summed E-state index contributed by atoms with van der Waals surface area (Å²) in [7, 11) is -4.49. The van der Waals surface area contributed by atoms with Gasteiger partial charge in [0.15, 0.2) is 0 Å². The van der Waals surface area contributed by atoms with Crippen LogP contribution < -0.4 is 14.9 Å². The standard InChI is InChI=1S/C51H65ClFN7O5S2/c1-5-58(6-2)48-24-27-56(35-46(48)53)26-23-41(36-66-43-10-8-7-9-11-43)54-47-21-20-44(32-49(47)60(62)63)67(64,65)55-50(61)38-14-18-42(19-15-38)59-30-28-57(29-31-59)34-39-33-51(3,4)25-22-45(39)37-12-16-40(52)17-13-37/h7-21,32,41,46,48,54H,5-6,22-31,33-36H2,1-4H3,(H,55,61)/t41-,46?,48?/m1/s1. The molecule has 2 aliphatic heterocycles. The zero-order chi connectivity index (χ0) is 47.7. The number of hydrogen-bond acceptors (Lipinski definition) is 11. The van der Waals surface area contributed by atoms with Crippen molar-refractivity contribution in [2.24, 2.45) is 5.41 Å². The highest BCUT2D eigenvalue weighted by Gasteiger charge is 2.33. The third kappa shape index (κ3) is 13.4. The molecule has 12 nitrogen and oxygen atoms in total. The first-order chi connectivity index (χ1) is 32.1. The van der Waals surface area contributed by atoms with E-state index in [9.17, 15) is 23.3 Å².